The van der Waals surface area contributed by atoms with Crippen molar-refractivity contribution in [2.24, 2.45) is 0 Å². The largest absolute Gasteiger partial charge is 0.379 e. The number of anilines is 1. The highest BCUT2D eigenvalue weighted by atomic mass is 79.9. The summed E-state index contributed by atoms with van der Waals surface area (Å²) in [6, 6.07) is 16.0. The van der Waals surface area contributed by atoms with E-state index < -0.39 is 0 Å². The number of halogens is 1. The fraction of sp³-hybridized carbons (Fsp3) is 0.0625. The SMILES string of the molecule is Nc1nonc1-c1nc2ccccc2n1Cc1ccccc1Br. The Hall–Kier alpha value is -2.67. The molecule has 2 aromatic heterocycles. The van der Waals surface area contributed by atoms with Crippen molar-refractivity contribution in [2.75, 3.05) is 5.73 Å². The van der Waals surface area contributed by atoms with E-state index in [2.05, 4.69) is 41.9 Å². The Morgan fingerprint density at radius 1 is 1.04 bits per heavy atom. The smallest absolute Gasteiger partial charge is 0.199 e. The van der Waals surface area contributed by atoms with Crippen molar-refractivity contribution in [1.82, 2.24) is 19.9 Å². The summed E-state index contributed by atoms with van der Waals surface area (Å²) in [5.74, 6) is 0.870. The number of para-hydroxylation sites is 2. The van der Waals surface area contributed by atoms with Crippen LogP contribution < -0.4 is 5.73 Å². The average molecular weight is 370 g/mol. The molecular weight excluding hydrogens is 358 g/mol. The minimum absolute atomic E-state index is 0.230. The molecular formula is C16H12BrN5O. The number of aromatic nitrogens is 4. The van der Waals surface area contributed by atoms with E-state index in [9.17, 15) is 0 Å². The molecule has 7 heteroatoms. The van der Waals surface area contributed by atoms with Gasteiger partial charge in [0.25, 0.3) is 0 Å². The molecule has 4 rings (SSSR count). The third kappa shape index (κ3) is 2.39. The number of rotatable bonds is 3. The topological polar surface area (TPSA) is 82.8 Å². The zero-order chi connectivity index (χ0) is 15.8. The van der Waals surface area contributed by atoms with Crippen LogP contribution in [0.5, 0.6) is 0 Å². The summed E-state index contributed by atoms with van der Waals surface area (Å²) in [7, 11) is 0. The molecule has 2 aromatic carbocycles. The van der Waals surface area contributed by atoms with Crippen LogP contribution in [0.2, 0.25) is 0 Å². The van der Waals surface area contributed by atoms with Gasteiger partial charge in [0.1, 0.15) is 0 Å². The van der Waals surface area contributed by atoms with Crippen molar-refractivity contribution in [3.8, 4) is 11.5 Å². The number of hydrogen-bond acceptors (Lipinski definition) is 5. The molecule has 114 valence electrons. The summed E-state index contributed by atoms with van der Waals surface area (Å²) in [6.07, 6.45) is 0. The summed E-state index contributed by atoms with van der Waals surface area (Å²) in [5, 5.41) is 7.56. The van der Waals surface area contributed by atoms with Gasteiger partial charge in [0.15, 0.2) is 17.3 Å². The van der Waals surface area contributed by atoms with Crippen molar-refractivity contribution < 1.29 is 4.63 Å². The van der Waals surface area contributed by atoms with E-state index in [0.717, 1.165) is 21.1 Å². The van der Waals surface area contributed by atoms with Crippen molar-refractivity contribution >= 4 is 32.8 Å². The van der Waals surface area contributed by atoms with Crippen LogP contribution in [-0.4, -0.2) is 19.9 Å². The number of nitrogens with zero attached hydrogens (tertiary/aromatic N) is 4. The number of fused-ring (bicyclic) bond motifs is 1. The second-order valence-corrected chi connectivity index (χ2v) is 5.95. The zero-order valence-corrected chi connectivity index (χ0v) is 13.6. The Balaban J connectivity index is 1.93. The molecule has 0 saturated heterocycles. The van der Waals surface area contributed by atoms with Gasteiger partial charge in [-0.2, -0.15) is 0 Å². The van der Waals surface area contributed by atoms with Gasteiger partial charge in [-0.25, -0.2) is 9.61 Å². The molecule has 23 heavy (non-hydrogen) atoms. The maximum absolute atomic E-state index is 5.86. The quantitative estimate of drug-likeness (QED) is 0.597. The van der Waals surface area contributed by atoms with E-state index in [1.807, 2.05) is 42.5 Å². The standard InChI is InChI=1S/C16H12BrN5O/c17-11-6-2-1-5-10(11)9-22-13-8-4-3-7-12(13)19-16(22)14-15(18)21-23-20-14/h1-8H,9H2,(H2,18,21). The van der Waals surface area contributed by atoms with E-state index in [1.165, 1.54) is 0 Å². The van der Waals surface area contributed by atoms with Gasteiger partial charge in [0, 0.05) is 4.47 Å². The van der Waals surface area contributed by atoms with E-state index >= 15 is 0 Å². The van der Waals surface area contributed by atoms with Crippen molar-refractivity contribution in [3.05, 3.63) is 58.6 Å². The molecule has 4 aromatic rings. The highest BCUT2D eigenvalue weighted by Crippen LogP contribution is 2.28. The van der Waals surface area contributed by atoms with Crippen LogP contribution in [0, 0.1) is 0 Å². The Morgan fingerprint density at radius 2 is 1.83 bits per heavy atom. The Bertz CT molecular complexity index is 991. The molecule has 0 aliphatic rings. The minimum Gasteiger partial charge on any atom is -0.379 e. The third-order valence-corrected chi connectivity index (χ3v) is 4.44. The van der Waals surface area contributed by atoms with Crippen LogP contribution in [0.25, 0.3) is 22.6 Å². The van der Waals surface area contributed by atoms with Gasteiger partial charge >= 0.3 is 0 Å². The van der Waals surface area contributed by atoms with Gasteiger partial charge in [0.05, 0.1) is 17.6 Å². The Labute approximate surface area is 140 Å². The summed E-state index contributed by atoms with van der Waals surface area (Å²) in [5.41, 5.74) is 9.31. The fourth-order valence-electron chi connectivity index (χ4n) is 2.56. The van der Waals surface area contributed by atoms with Gasteiger partial charge in [-0.15, -0.1) is 0 Å². The molecule has 0 spiro atoms. The first-order chi connectivity index (χ1) is 11.2. The highest BCUT2D eigenvalue weighted by Gasteiger charge is 2.19. The molecule has 0 radical (unpaired) electrons. The number of nitrogen functional groups attached to an aromatic ring is 1. The number of nitrogens with two attached hydrogens (primary N) is 1. The molecule has 0 saturated carbocycles. The second kappa shape index (κ2) is 5.51. The lowest BCUT2D eigenvalue weighted by Gasteiger charge is -2.09. The molecule has 2 heterocycles. The summed E-state index contributed by atoms with van der Waals surface area (Å²) in [6.45, 7) is 0.629. The fourth-order valence-corrected chi connectivity index (χ4v) is 2.97. The number of hydrogen-bond donors (Lipinski definition) is 1. The molecule has 2 N–H and O–H groups in total. The predicted octanol–water partition coefficient (Wildman–Crippen LogP) is 3.48. The Morgan fingerprint density at radius 3 is 2.61 bits per heavy atom. The van der Waals surface area contributed by atoms with Crippen LogP contribution in [0.15, 0.2) is 57.6 Å². The molecule has 0 aliphatic heterocycles. The number of benzene rings is 2. The van der Waals surface area contributed by atoms with Crippen LogP contribution in [0.4, 0.5) is 5.82 Å². The highest BCUT2D eigenvalue weighted by molar-refractivity contribution is 9.10. The van der Waals surface area contributed by atoms with Crippen molar-refractivity contribution in [3.63, 3.8) is 0 Å². The van der Waals surface area contributed by atoms with Gasteiger partial charge < -0.3 is 10.3 Å². The van der Waals surface area contributed by atoms with Crippen LogP contribution in [-0.2, 0) is 6.54 Å². The third-order valence-electron chi connectivity index (χ3n) is 3.67. The lowest BCUT2D eigenvalue weighted by Crippen LogP contribution is -2.04. The Kier molecular flexibility index (Phi) is 3.34. The van der Waals surface area contributed by atoms with Crippen molar-refractivity contribution in [2.45, 2.75) is 6.54 Å². The lowest BCUT2D eigenvalue weighted by atomic mass is 10.2. The van der Waals surface area contributed by atoms with Gasteiger partial charge in [-0.1, -0.05) is 46.3 Å². The molecule has 0 amide bonds. The maximum atomic E-state index is 5.86. The number of imidazole rings is 1. The molecule has 0 fully saturated rings. The molecule has 6 nitrogen and oxygen atoms in total. The van der Waals surface area contributed by atoms with E-state index in [4.69, 9.17) is 10.4 Å². The average Bonchev–Trinajstić information content (AvgIpc) is 3.13. The van der Waals surface area contributed by atoms with E-state index in [1.54, 1.807) is 0 Å². The van der Waals surface area contributed by atoms with Crippen LogP contribution in [0.3, 0.4) is 0 Å². The predicted molar refractivity (Wildman–Crippen MR) is 90.7 cm³/mol. The summed E-state index contributed by atoms with van der Waals surface area (Å²) in [4.78, 5) is 4.65. The van der Waals surface area contributed by atoms with Crippen molar-refractivity contribution in [1.29, 1.82) is 0 Å². The molecule has 0 aliphatic carbocycles. The van der Waals surface area contributed by atoms with E-state index in [0.29, 0.717) is 18.1 Å². The molecule has 0 bridgehead atoms. The maximum Gasteiger partial charge on any atom is 0.199 e. The van der Waals surface area contributed by atoms with Gasteiger partial charge in [-0.05, 0) is 34.1 Å². The first kappa shape index (κ1) is 14.0. The van der Waals surface area contributed by atoms with Gasteiger partial charge in [0.2, 0.25) is 0 Å². The lowest BCUT2D eigenvalue weighted by molar-refractivity contribution is 0.310. The van der Waals surface area contributed by atoms with Gasteiger partial charge in [-0.3, -0.25) is 0 Å². The first-order valence-electron chi connectivity index (χ1n) is 7.01. The minimum atomic E-state index is 0.230. The molecule has 0 atom stereocenters. The van der Waals surface area contributed by atoms with E-state index in [-0.39, 0.29) is 5.82 Å². The summed E-state index contributed by atoms with van der Waals surface area (Å²) < 4.78 is 7.83. The molecule has 0 unspecified atom stereocenters. The normalized spacial score (nSPS) is 11.2. The zero-order valence-electron chi connectivity index (χ0n) is 12.0. The van der Waals surface area contributed by atoms with Crippen LogP contribution >= 0.6 is 15.9 Å². The second-order valence-electron chi connectivity index (χ2n) is 5.10. The first-order valence-corrected chi connectivity index (χ1v) is 7.80. The summed E-state index contributed by atoms with van der Waals surface area (Å²) >= 11 is 3.59. The van der Waals surface area contributed by atoms with Crippen LogP contribution in [0.1, 0.15) is 5.56 Å². The monoisotopic (exact) mass is 369 g/mol.